The third-order valence-corrected chi connectivity index (χ3v) is 1.50. The molecule has 2 N–H and O–H groups in total. The number of aliphatic hydroxyl groups is 2. The highest BCUT2D eigenvalue weighted by Crippen LogP contribution is 2.17. The molecular weight excluding hydrogens is 136 g/mol. The first-order valence-corrected chi connectivity index (χ1v) is 3.17. The Morgan fingerprint density at radius 2 is 2.40 bits per heavy atom. The molecule has 3 atom stereocenters. The maximum Gasteiger partial charge on any atom is 0.309 e. The lowest BCUT2D eigenvalue weighted by Gasteiger charge is -2.14. The summed E-state index contributed by atoms with van der Waals surface area (Å²) in [6.45, 7) is 1.48. The standard InChI is InChI=1S/C6H10O4/c1-3(7)6-4(8)2-5(9)10-6/h3-4,6-8H,2H2,1H3/t3-,4-,6+/m1/s1. The Morgan fingerprint density at radius 1 is 1.80 bits per heavy atom. The van der Waals surface area contributed by atoms with Crippen molar-refractivity contribution in [3.05, 3.63) is 0 Å². The van der Waals surface area contributed by atoms with Crippen molar-refractivity contribution >= 4 is 5.97 Å². The first-order valence-electron chi connectivity index (χ1n) is 3.17. The third-order valence-electron chi connectivity index (χ3n) is 1.50. The van der Waals surface area contributed by atoms with E-state index in [1.165, 1.54) is 6.92 Å². The number of esters is 1. The van der Waals surface area contributed by atoms with Crippen molar-refractivity contribution in [3.63, 3.8) is 0 Å². The SMILES string of the molecule is C[C@@H](O)[C@@H]1OC(=O)C[C@H]1O. The van der Waals surface area contributed by atoms with E-state index in [1.54, 1.807) is 0 Å². The van der Waals surface area contributed by atoms with Crippen molar-refractivity contribution < 1.29 is 19.7 Å². The summed E-state index contributed by atoms with van der Waals surface area (Å²) in [5.74, 6) is -0.446. The molecule has 58 valence electrons. The van der Waals surface area contributed by atoms with Crippen molar-refractivity contribution in [3.8, 4) is 0 Å². The average Bonchev–Trinajstić information content (AvgIpc) is 2.10. The Balaban J connectivity index is 2.54. The number of hydrogen-bond acceptors (Lipinski definition) is 4. The van der Waals surface area contributed by atoms with Gasteiger partial charge in [-0.05, 0) is 6.92 Å². The third kappa shape index (κ3) is 1.27. The van der Waals surface area contributed by atoms with Gasteiger partial charge in [-0.2, -0.15) is 0 Å². The van der Waals surface area contributed by atoms with Gasteiger partial charge in [-0.25, -0.2) is 0 Å². The van der Waals surface area contributed by atoms with Crippen LogP contribution in [-0.2, 0) is 9.53 Å². The number of carbonyl (C=O) groups excluding carboxylic acids is 1. The Morgan fingerprint density at radius 3 is 2.60 bits per heavy atom. The summed E-state index contributed by atoms with van der Waals surface area (Å²) in [5.41, 5.74) is 0. The van der Waals surface area contributed by atoms with Gasteiger partial charge >= 0.3 is 5.97 Å². The molecule has 0 aromatic carbocycles. The van der Waals surface area contributed by atoms with Crippen LogP contribution in [0.15, 0.2) is 0 Å². The number of hydrogen-bond donors (Lipinski definition) is 2. The van der Waals surface area contributed by atoms with Crippen LogP contribution in [0.2, 0.25) is 0 Å². The van der Waals surface area contributed by atoms with Crippen LogP contribution in [0, 0.1) is 0 Å². The second-order valence-corrected chi connectivity index (χ2v) is 2.47. The van der Waals surface area contributed by atoms with E-state index < -0.39 is 24.3 Å². The number of rotatable bonds is 1. The van der Waals surface area contributed by atoms with E-state index in [4.69, 9.17) is 10.2 Å². The van der Waals surface area contributed by atoms with Gasteiger partial charge in [0.15, 0.2) is 6.10 Å². The van der Waals surface area contributed by atoms with Gasteiger partial charge in [-0.15, -0.1) is 0 Å². The number of aliphatic hydroxyl groups excluding tert-OH is 2. The molecule has 0 aromatic heterocycles. The lowest BCUT2D eigenvalue weighted by molar-refractivity contribution is -0.146. The van der Waals surface area contributed by atoms with Crippen LogP contribution in [0.1, 0.15) is 13.3 Å². The molecule has 0 unspecified atom stereocenters. The zero-order valence-electron chi connectivity index (χ0n) is 5.65. The highest BCUT2D eigenvalue weighted by atomic mass is 16.6. The molecule has 1 rings (SSSR count). The predicted octanol–water partition coefficient (Wildman–Crippen LogP) is -0.956. The van der Waals surface area contributed by atoms with Gasteiger partial charge in [0.1, 0.15) is 6.10 Å². The monoisotopic (exact) mass is 146 g/mol. The molecule has 1 saturated heterocycles. The van der Waals surface area contributed by atoms with Gasteiger partial charge in [0.25, 0.3) is 0 Å². The Hall–Kier alpha value is -0.610. The van der Waals surface area contributed by atoms with Crippen LogP contribution in [0.25, 0.3) is 0 Å². The Bertz CT molecular complexity index is 143. The van der Waals surface area contributed by atoms with E-state index in [1.807, 2.05) is 0 Å². The van der Waals surface area contributed by atoms with Gasteiger partial charge in [0.05, 0.1) is 12.5 Å². The Kier molecular flexibility index (Phi) is 1.92. The van der Waals surface area contributed by atoms with Gasteiger partial charge in [0.2, 0.25) is 0 Å². The molecule has 0 bridgehead atoms. The van der Waals surface area contributed by atoms with E-state index in [0.29, 0.717) is 0 Å². The number of cyclic esters (lactones) is 1. The quantitative estimate of drug-likeness (QED) is 0.468. The molecule has 0 saturated carbocycles. The fourth-order valence-corrected chi connectivity index (χ4v) is 0.985. The largest absolute Gasteiger partial charge is 0.457 e. The molecule has 4 nitrogen and oxygen atoms in total. The van der Waals surface area contributed by atoms with Gasteiger partial charge in [-0.3, -0.25) is 4.79 Å². The summed E-state index contributed by atoms with van der Waals surface area (Å²) >= 11 is 0. The van der Waals surface area contributed by atoms with E-state index in [2.05, 4.69) is 4.74 Å². The zero-order valence-corrected chi connectivity index (χ0v) is 5.65. The lowest BCUT2D eigenvalue weighted by Crippen LogP contribution is -2.31. The van der Waals surface area contributed by atoms with Crippen LogP contribution in [0.4, 0.5) is 0 Å². The second kappa shape index (κ2) is 2.56. The molecule has 10 heavy (non-hydrogen) atoms. The molecule has 0 aliphatic carbocycles. The zero-order chi connectivity index (χ0) is 7.72. The van der Waals surface area contributed by atoms with Crippen molar-refractivity contribution in [2.45, 2.75) is 31.7 Å². The van der Waals surface area contributed by atoms with Gasteiger partial charge in [0, 0.05) is 0 Å². The van der Waals surface area contributed by atoms with Crippen molar-refractivity contribution in [1.82, 2.24) is 0 Å². The van der Waals surface area contributed by atoms with E-state index in [-0.39, 0.29) is 6.42 Å². The molecule has 4 heteroatoms. The van der Waals surface area contributed by atoms with Crippen molar-refractivity contribution in [2.24, 2.45) is 0 Å². The topological polar surface area (TPSA) is 66.8 Å². The van der Waals surface area contributed by atoms with Crippen LogP contribution in [0.5, 0.6) is 0 Å². The fraction of sp³-hybridized carbons (Fsp3) is 0.833. The average molecular weight is 146 g/mol. The van der Waals surface area contributed by atoms with E-state index in [9.17, 15) is 4.79 Å². The minimum Gasteiger partial charge on any atom is -0.457 e. The maximum atomic E-state index is 10.5. The van der Waals surface area contributed by atoms with Gasteiger partial charge < -0.3 is 14.9 Å². The predicted molar refractivity (Wildman–Crippen MR) is 32.2 cm³/mol. The number of carbonyl (C=O) groups is 1. The van der Waals surface area contributed by atoms with Crippen LogP contribution in [-0.4, -0.2) is 34.5 Å². The van der Waals surface area contributed by atoms with Crippen LogP contribution < -0.4 is 0 Å². The van der Waals surface area contributed by atoms with Crippen LogP contribution in [0.3, 0.4) is 0 Å². The highest BCUT2D eigenvalue weighted by molar-refractivity contribution is 5.72. The van der Waals surface area contributed by atoms with Gasteiger partial charge in [-0.1, -0.05) is 0 Å². The highest BCUT2D eigenvalue weighted by Gasteiger charge is 2.36. The summed E-state index contributed by atoms with van der Waals surface area (Å²) < 4.78 is 4.60. The maximum absolute atomic E-state index is 10.5. The first kappa shape index (κ1) is 7.50. The number of ether oxygens (including phenoxy) is 1. The summed E-state index contributed by atoms with van der Waals surface area (Å²) in [4.78, 5) is 10.5. The summed E-state index contributed by atoms with van der Waals surface area (Å²) in [7, 11) is 0. The first-order chi connectivity index (χ1) is 4.61. The van der Waals surface area contributed by atoms with Crippen molar-refractivity contribution in [1.29, 1.82) is 0 Å². The molecular formula is C6H10O4. The summed E-state index contributed by atoms with van der Waals surface area (Å²) in [6.07, 6.45) is -2.36. The molecule has 0 radical (unpaired) electrons. The molecule has 1 fully saturated rings. The Labute approximate surface area is 58.4 Å². The molecule has 1 aliphatic rings. The van der Waals surface area contributed by atoms with Crippen LogP contribution >= 0.6 is 0 Å². The summed E-state index contributed by atoms with van der Waals surface area (Å²) in [6, 6.07) is 0. The second-order valence-electron chi connectivity index (χ2n) is 2.47. The van der Waals surface area contributed by atoms with Crippen molar-refractivity contribution in [2.75, 3.05) is 0 Å². The smallest absolute Gasteiger partial charge is 0.309 e. The molecule has 0 spiro atoms. The fourth-order valence-electron chi connectivity index (χ4n) is 0.985. The minimum absolute atomic E-state index is 0.00440. The summed E-state index contributed by atoms with van der Waals surface area (Å²) in [5, 5.41) is 17.9. The lowest BCUT2D eigenvalue weighted by atomic mass is 10.1. The minimum atomic E-state index is -0.840. The molecule has 0 amide bonds. The molecule has 0 aromatic rings. The molecule has 1 aliphatic heterocycles. The molecule has 1 heterocycles. The van der Waals surface area contributed by atoms with E-state index in [0.717, 1.165) is 0 Å². The normalized spacial score (nSPS) is 35.7. The van der Waals surface area contributed by atoms with E-state index >= 15 is 0 Å².